The number of carbonyl (C=O) groups is 1. The van der Waals surface area contributed by atoms with E-state index in [4.69, 9.17) is 16.3 Å². The number of amides is 1. The molecule has 0 aliphatic heterocycles. The van der Waals surface area contributed by atoms with Crippen molar-refractivity contribution in [2.45, 2.75) is 32.9 Å². The van der Waals surface area contributed by atoms with E-state index in [1.165, 1.54) is 12.1 Å². The van der Waals surface area contributed by atoms with Crippen LogP contribution >= 0.6 is 11.6 Å². The van der Waals surface area contributed by atoms with Gasteiger partial charge in [0, 0.05) is 10.7 Å². The molecule has 26 heavy (non-hydrogen) atoms. The van der Waals surface area contributed by atoms with Gasteiger partial charge in [-0.05, 0) is 54.3 Å². The van der Waals surface area contributed by atoms with Crippen LogP contribution in [-0.4, -0.2) is 12.5 Å². The van der Waals surface area contributed by atoms with Crippen molar-refractivity contribution in [3.63, 3.8) is 0 Å². The van der Waals surface area contributed by atoms with Gasteiger partial charge in [0.25, 0.3) is 5.91 Å². The number of nitrogens with one attached hydrogen (secondary N) is 1. The third-order valence-corrected chi connectivity index (χ3v) is 4.15. The molecule has 7 heteroatoms. The fourth-order valence-electron chi connectivity index (χ4n) is 2.36. The lowest BCUT2D eigenvalue weighted by molar-refractivity contribution is -0.137. The van der Waals surface area contributed by atoms with Crippen LogP contribution in [0.4, 0.5) is 18.9 Å². The topological polar surface area (TPSA) is 38.3 Å². The van der Waals surface area contributed by atoms with E-state index in [0.29, 0.717) is 10.8 Å². The summed E-state index contributed by atoms with van der Waals surface area (Å²) >= 11 is 6.12. The summed E-state index contributed by atoms with van der Waals surface area (Å²) in [6, 6.07) is 7.98. The number of benzene rings is 2. The molecule has 0 aliphatic rings. The van der Waals surface area contributed by atoms with Crippen LogP contribution in [0.5, 0.6) is 5.75 Å². The van der Waals surface area contributed by atoms with Crippen molar-refractivity contribution < 1.29 is 22.7 Å². The molecule has 3 nitrogen and oxygen atoms in total. The number of carbonyl (C=O) groups excluding carboxylic acids is 1. The quantitative estimate of drug-likeness (QED) is 0.705. The second-order valence-corrected chi connectivity index (χ2v) is 6.62. The van der Waals surface area contributed by atoms with E-state index in [-0.39, 0.29) is 18.2 Å². The highest BCUT2D eigenvalue weighted by atomic mass is 35.5. The van der Waals surface area contributed by atoms with Crippen molar-refractivity contribution in [1.29, 1.82) is 0 Å². The first-order valence-corrected chi connectivity index (χ1v) is 8.35. The molecule has 1 amide bonds. The molecule has 0 fully saturated rings. The minimum atomic E-state index is -4.47. The fourth-order valence-corrected chi connectivity index (χ4v) is 2.53. The summed E-state index contributed by atoms with van der Waals surface area (Å²) < 4.78 is 43.7. The van der Waals surface area contributed by atoms with Gasteiger partial charge < -0.3 is 10.1 Å². The lowest BCUT2D eigenvalue weighted by Gasteiger charge is -2.16. The zero-order chi connectivity index (χ0) is 19.5. The molecule has 0 bridgehead atoms. The molecule has 140 valence electrons. The molecular weight excluding hydrogens is 367 g/mol. The Hall–Kier alpha value is -2.21. The van der Waals surface area contributed by atoms with Crippen molar-refractivity contribution in [1.82, 2.24) is 0 Å². The molecule has 0 aromatic heterocycles. The van der Waals surface area contributed by atoms with Gasteiger partial charge in [-0.3, -0.25) is 4.79 Å². The molecule has 0 heterocycles. The number of ether oxygens (including phenoxy) is 1. The second-order valence-electron chi connectivity index (χ2n) is 6.21. The Bertz CT molecular complexity index is 804. The van der Waals surface area contributed by atoms with Crippen molar-refractivity contribution >= 4 is 23.2 Å². The van der Waals surface area contributed by atoms with E-state index in [2.05, 4.69) is 5.32 Å². The first-order valence-electron chi connectivity index (χ1n) is 7.98. The average Bonchev–Trinajstić information content (AvgIpc) is 2.54. The van der Waals surface area contributed by atoms with Gasteiger partial charge in [0.15, 0.2) is 6.61 Å². The smallest absolute Gasteiger partial charge is 0.416 e. The van der Waals surface area contributed by atoms with E-state index in [1.807, 2.05) is 20.8 Å². The number of rotatable bonds is 5. The molecular formula is C19H19ClF3NO2. The molecule has 2 aromatic carbocycles. The van der Waals surface area contributed by atoms with Crippen LogP contribution in [0.15, 0.2) is 36.4 Å². The average molecular weight is 386 g/mol. The summed E-state index contributed by atoms with van der Waals surface area (Å²) in [7, 11) is 0. The molecule has 1 N–H and O–H groups in total. The SMILES string of the molecule is Cc1cc(OCC(=O)Nc2cccc(C(F)(F)F)c2)c(C(C)C)cc1Cl. The number of anilines is 1. The monoisotopic (exact) mass is 385 g/mol. The lowest BCUT2D eigenvalue weighted by atomic mass is 10.0. The van der Waals surface area contributed by atoms with Crippen LogP contribution < -0.4 is 10.1 Å². The molecule has 2 rings (SSSR count). The Balaban J connectivity index is 2.07. The van der Waals surface area contributed by atoms with Gasteiger partial charge in [-0.2, -0.15) is 13.2 Å². The largest absolute Gasteiger partial charge is 0.483 e. The van der Waals surface area contributed by atoms with Gasteiger partial charge in [-0.1, -0.05) is 31.5 Å². The molecule has 2 aromatic rings. The normalized spacial score (nSPS) is 11.5. The van der Waals surface area contributed by atoms with Crippen molar-refractivity contribution in [2.75, 3.05) is 11.9 Å². The maximum absolute atomic E-state index is 12.7. The van der Waals surface area contributed by atoms with Crippen LogP contribution in [-0.2, 0) is 11.0 Å². The van der Waals surface area contributed by atoms with E-state index in [0.717, 1.165) is 23.3 Å². The first-order chi connectivity index (χ1) is 12.1. The third kappa shape index (κ3) is 5.14. The van der Waals surface area contributed by atoms with E-state index in [9.17, 15) is 18.0 Å². The summed E-state index contributed by atoms with van der Waals surface area (Å²) in [4.78, 5) is 12.0. The number of halogens is 4. The first kappa shape index (κ1) is 20.1. The Kier molecular flexibility index (Phi) is 6.18. The van der Waals surface area contributed by atoms with Gasteiger partial charge in [0.1, 0.15) is 5.75 Å². The Labute approximate surface area is 155 Å². The summed E-state index contributed by atoms with van der Waals surface area (Å²) in [5.74, 6) is 0.113. The zero-order valence-electron chi connectivity index (χ0n) is 14.6. The van der Waals surface area contributed by atoms with E-state index in [1.54, 1.807) is 12.1 Å². The van der Waals surface area contributed by atoms with E-state index < -0.39 is 17.6 Å². The zero-order valence-corrected chi connectivity index (χ0v) is 15.3. The number of aryl methyl sites for hydroxylation is 1. The lowest BCUT2D eigenvalue weighted by Crippen LogP contribution is -2.21. The molecule has 0 spiro atoms. The van der Waals surface area contributed by atoms with Crippen molar-refractivity contribution in [3.8, 4) is 5.75 Å². The summed E-state index contributed by atoms with van der Waals surface area (Å²) in [5, 5.41) is 3.02. The fraction of sp³-hybridized carbons (Fsp3) is 0.316. The Morgan fingerprint density at radius 1 is 1.23 bits per heavy atom. The predicted molar refractivity (Wildman–Crippen MR) is 95.8 cm³/mol. The highest BCUT2D eigenvalue weighted by Gasteiger charge is 2.30. The van der Waals surface area contributed by atoms with Crippen LogP contribution in [0.2, 0.25) is 5.02 Å². The van der Waals surface area contributed by atoms with Crippen LogP contribution in [0.3, 0.4) is 0 Å². The third-order valence-electron chi connectivity index (χ3n) is 3.75. The van der Waals surface area contributed by atoms with Gasteiger partial charge >= 0.3 is 6.18 Å². The van der Waals surface area contributed by atoms with Gasteiger partial charge in [0.05, 0.1) is 5.56 Å². The summed E-state index contributed by atoms with van der Waals surface area (Å²) in [5.41, 5.74) is 0.897. The van der Waals surface area contributed by atoms with E-state index >= 15 is 0 Å². The molecule has 0 unspecified atom stereocenters. The maximum atomic E-state index is 12.7. The minimum Gasteiger partial charge on any atom is -0.483 e. The van der Waals surface area contributed by atoms with Crippen LogP contribution in [0.1, 0.15) is 36.5 Å². The number of alkyl halides is 3. The number of hydrogen-bond donors (Lipinski definition) is 1. The van der Waals surface area contributed by atoms with Crippen molar-refractivity contribution in [3.05, 3.63) is 58.1 Å². The highest BCUT2D eigenvalue weighted by molar-refractivity contribution is 6.31. The van der Waals surface area contributed by atoms with Crippen LogP contribution in [0, 0.1) is 6.92 Å². The van der Waals surface area contributed by atoms with Gasteiger partial charge in [-0.15, -0.1) is 0 Å². The second kappa shape index (κ2) is 7.99. The Morgan fingerprint density at radius 3 is 2.54 bits per heavy atom. The summed E-state index contributed by atoms with van der Waals surface area (Å²) in [6.07, 6.45) is -4.47. The highest BCUT2D eigenvalue weighted by Crippen LogP contribution is 2.32. The Morgan fingerprint density at radius 2 is 1.92 bits per heavy atom. The number of hydrogen-bond acceptors (Lipinski definition) is 2. The van der Waals surface area contributed by atoms with Gasteiger partial charge in [0.2, 0.25) is 0 Å². The predicted octanol–water partition coefficient (Wildman–Crippen LogP) is 5.81. The molecule has 0 radical (unpaired) electrons. The maximum Gasteiger partial charge on any atom is 0.416 e. The summed E-state index contributed by atoms with van der Waals surface area (Å²) in [6.45, 7) is 5.44. The molecule has 0 saturated carbocycles. The standard InChI is InChI=1S/C19H19ClF3NO2/c1-11(2)15-9-16(20)12(3)7-17(15)26-10-18(25)24-14-6-4-5-13(8-14)19(21,22)23/h4-9,11H,10H2,1-3H3,(H,24,25). The van der Waals surface area contributed by atoms with Crippen molar-refractivity contribution in [2.24, 2.45) is 0 Å². The van der Waals surface area contributed by atoms with Crippen LogP contribution in [0.25, 0.3) is 0 Å². The molecule has 0 atom stereocenters. The minimum absolute atomic E-state index is 0.0600. The van der Waals surface area contributed by atoms with Gasteiger partial charge in [-0.25, -0.2) is 0 Å². The molecule has 0 saturated heterocycles. The molecule has 0 aliphatic carbocycles.